The molecule has 1 atom stereocenters. The van der Waals surface area contributed by atoms with Gasteiger partial charge in [0.25, 0.3) is 0 Å². The van der Waals surface area contributed by atoms with E-state index in [1.807, 2.05) is 50.2 Å². The van der Waals surface area contributed by atoms with Crippen LogP contribution in [0.4, 0.5) is 16.2 Å². The second-order valence-electron chi connectivity index (χ2n) is 5.28. The lowest BCUT2D eigenvalue weighted by atomic mass is 10.1. The van der Waals surface area contributed by atoms with Gasteiger partial charge in [-0.3, -0.25) is 4.79 Å². The van der Waals surface area contributed by atoms with Crippen molar-refractivity contribution in [1.29, 1.82) is 0 Å². The largest absolute Gasteiger partial charge is 0.481 e. The van der Waals surface area contributed by atoms with Crippen LogP contribution in [0.25, 0.3) is 0 Å². The Morgan fingerprint density at radius 3 is 2.57 bits per heavy atom. The van der Waals surface area contributed by atoms with Gasteiger partial charge in [-0.2, -0.15) is 0 Å². The van der Waals surface area contributed by atoms with Gasteiger partial charge in [0.15, 0.2) is 0 Å². The fourth-order valence-corrected chi connectivity index (χ4v) is 1.87. The number of carboxylic acid groups (broad SMARTS) is 1. The first-order valence-electron chi connectivity index (χ1n) is 6.93. The third-order valence-corrected chi connectivity index (χ3v) is 3.10. The number of urea groups is 1. The number of benzene rings is 1. The predicted molar refractivity (Wildman–Crippen MR) is 83.8 cm³/mol. The van der Waals surface area contributed by atoms with Crippen molar-refractivity contribution in [3.8, 4) is 0 Å². The van der Waals surface area contributed by atoms with Gasteiger partial charge in [-0.25, -0.2) is 4.79 Å². The fraction of sp³-hybridized carbons (Fsp3) is 0.467. The second kappa shape index (κ2) is 8.14. The monoisotopic (exact) mass is 293 g/mol. The van der Waals surface area contributed by atoms with E-state index < -0.39 is 5.97 Å². The summed E-state index contributed by atoms with van der Waals surface area (Å²) in [4.78, 5) is 24.3. The summed E-state index contributed by atoms with van der Waals surface area (Å²) in [7, 11) is 3.82. The van der Waals surface area contributed by atoms with E-state index in [9.17, 15) is 9.59 Å². The van der Waals surface area contributed by atoms with Crippen LogP contribution in [0.15, 0.2) is 24.3 Å². The van der Waals surface area contributed by atoms with Crippen LogP contribution < -0.4 is 15.5 Å². The minimum Gasteiger partial charge on any atom is -0.481 e. The van der Waals surface area contributed by atoms with Gasteiger partial charge in [0.05, 0.1) is 11.4 Å². The molecule has 2 amide bonds. The summed E-state index contributed by atoms with van der Waals surface area (Å²) in [6, 6.07) is 7.24. The van der Waals surface area contributed by atoms with Gasteiger partial charge in [0.2, 0.25) is 0 Å². The molecule has 0 heterocycles. The molecule has 0 aliphatic rings. The lowest BCUT2D eigenvalue weighted by molar-refractivity contribution is -0.137. The van der Waals surface area contributed by atoms with E-state index in [1.165, 1.54) is 0 Å². The maximum atomic E-state index is 11.9. The third kappa shape index (κ3) is 6.16. The van der Waals surface area contributed by atoms with Crippen molar-refractivity contribution in [2.75, 3.05) is 30.9 Å². The van der Waals surface area contributed by atoms with Crippen molar-refractivity contribution in [3.63, 3.8) is 0 Å². The van der Waals surface area contributed by atoms with Crippen LogP contribution in [0, 0.1) is 5.92 Å². The number of carbonyl (C=O) groups is 2. The van der Waals surface area contributed by atoms with Crippen molar-refractivity contribution < 1.29 is 14.7 Å². The average molecular weight is 293 g/mol. The van der Waals surface area contributed by atoms with E-state index in [2.05, 4.69) is 10.6 Å². The molecule has 1 aromatic rings. The minimum absolute atomic E-state index is 0.119. The van der Waals surface area contributed by atoms with E-state index in [-0.39, 0.29) is 18.4 Å². The topological polar surface area (TPSA) is 81.7 Å². The molecule has 6 nitrogen and oxygen atoms in total. The van der Waals surface area contributed by atoms with Gasteiger partial charge in [-0.15, -0.1) is 0 Å². The lowest BCUT2D eigenvalue weighted by Crippen LogP contribution is -2.33. The number of hydrogen-bond acceptors (Lipinski definition) is 3. The van der Waals surface area contributed by atoms with Gasteiger partial charge in [0.1, 0.15) is 0 Å². The molecule has 0 fully saturated rings. The quantitative estimate of drug-likeness (QED) is 0.721. The number of carboxylic acids is 1. The molecule has 0 saturated heterocycles. The Bertz CT molecular complexity index is 489. The fourth-order valence-electron chi connectivity index (χ4n) is 1.87. The molecule has 1 aromatic carbocycles. The smallest absolute Gasteiger partial charge is 0.319 e. The van der Waals surface area contributed by atoms with E-state index in [0.717, 1.165) is 11.4 Å². The average Bonchev–Trinajstić information content (AvgIpc) is 2.43. The van der Waals surface area contributed by atoms with Crippen LogP contribution in [-0.2, 0) is 4.79 Å². The maximum Gasteiger partial charge on any atom is 0.319 e. The zero-order valence-electron chi connectivity index (χ0n) is 12.7. The SMILES string of the molecule is CC(CCC(=O)O)CNC(=O)Nc1ccccc1N(C)C. The molecule has 116 valence electrons. The van der Waals surface area contributed by atoms with Gasteiger partial charge in [-0.05, 0) is 24.5 Å². The van der Waals surface area contributed by atoms with E-state index in [0.29, 0.717) is 13.0 Å². The molecule has 6 heteroatoms. The summed E-state index contributed by atoms with van der Waals surface area (Å²) in [6.45, 7) is 2.36. The number of rotatable bonds is 7. The molecule has 0 aliphatic heterocycles. The van der Waals surface area contributed by atoms with Crippen molar-refractivity contribution in [1.82, 2.24) is 5.32 Å². The Kier molecular flexibility index (Phi) is 6.52. The van der Waals surface area contributed by atoms with Gasteiger partial charge in [-0.1, -0.05) is 19.1 Å². The van der Waals surface area contributed by atoms with Crippen molar-refractivity contribution >= 4 is 23.4 Å². The highest BCUT2D eigenvalue weighted by Gasteiger charge is 2.10. The highest BCUT2D eigenvalue weighted by molar-refractivity contribution is 5.93. The predicted octanol–water partition coefficient (Wildman–Crippen LogP) is 2.38. The molecule has 0 radical (unpaired) electrons. The van der Waals surface area contributed by atoms with Crippen LogP contribution in [0.5, 0.6) is 0 Å². The third-order valence-electron chi connectivity index (χ3n) is 3.10. The highest BCUT2D eigenvalue weighted by Crippen LogP contribution is 2.23. The number of nitrogens with zero attached hydrogens (tertiary/aromatic N) is 1. The number of nitrogens with one attached hydrogen (secondary N) is 2. The molecular weight excluding hydrogens is 270 g/mol. The maximum absolute atomic E-state index is 11.9. The molecular formula is C15H23N3O3. The number of aliphatic carboxylic acids is 1. The Labute approximate surface area is 125 Å². The molecule has 1 unspecified atom stereocenters. The molecule has 0 bridgehead atoms. The van der Waals surface area contributed by atoms with Crippen molar-refractivity contribution in [2.24, 2.45) is 5.92 Å². The summed E-state index contributed by atoms with van der Waals surface area (Å²) in [5.41, 5.74) is 1.66. The summed E-state index contributed by atoms with van der Waals surface area (Å²) in [6.07, 6.45) is 0.665. The van der Waals surface area contributed by atoms with Gasteiger partial charge >= 0.3 is 12.0 Å². The van der Waals surface area contributed by atoms with Crippen molar-refractivity contribution in [2.45, 2.75) is 19.8 Å². The number of amides is 2. The van der Waals surface area contributed by atoms with Gasteiger partial charge < -0.3 is 20.6 Å². The number of para-hydroxylation sites is 2. The Balaban J connectivity index is 2.46. The second-order valence-corrected chi connectivity index (χ2v) is 5.28. The molecule has 0 saturated carbocycles. The van der Waals surface area contributed by atoms with E-state index in [1.54, 1.807) is 0 Å². The molecule has 21 heavy (non-hydrogen) atoms. The van der Waals surface area contributed by atoms with E-state index in [4.69, 9.17) is 5.11 Å². The first-order valence-corrected chi connectivity index (χ1v) is 6.93. The van der Waals surface area contributed by atoms with Crippen molar-refractivity contribution in [3.05, 3.63) is 24.3 Å². The zero-order valence-corrected chi connectivity index (χ0v) is 12.7. The number of hydrogen-bond donors (Lipinski definition) is 3. The first-order chi connectivity index (χ1) is 9.90. The normalized spacial score (nSPS) is 11.6. The summed E-state index contributed by atoms with van der Waals surface area (Å²) >= 11 is 0. The highest BCUT2D eigenvalue weighted by atomic mass is 16.4. The summed E-state index contributed by atoms with van der Waals surface area (Å²) in [5.74, 6) is -0.692. The zero-order chi connectivity index (χ0) is 15.8. The molecule has 0 aromatic heterocycles. The molecule has 0 aliphatic carbocycles. The number of carbonyl (C=O) groups excluding carboxylic acids is 1. The minimum atomic E-state index is -0.814. The lowest BCUT2D eigenvalue weighted by Gasteiger charge is -2.18. The standard InChI is InChI=1S/C15H23N3O3/c1-11(8-9-14(19)20)10-16-15(21)17-12-6-4-5-7-13(12)18(2)3/h4-7,11H,8-10H2,1-3H3,(H,19,20)(H2,16,17,21). The molecule has 3 N–H and O–H groups in total. The summed E-state index contributed by atoms with van der Waals surface area (Å²) < 4.78 is 0. The van der Waals surface area contributed by atoms with Crippen LogP contribution >= 0.6 is 0 Å². The van der Waals surface area contributed by atoms with Crippen LogP contribution in [0.2, 0.25) is 0 Å². The van der Waals surface area contributed by atoms with Gasteiger partial charge in [0, 0.05) is 27.1 Å². The van der Waals surface area contributed by atoms with Crippen LogP contribution in [0.1, 0.15) is 19.8 Å². The Morgan fingerprint density at radius 2 is 1.95 bits per heavy atom. The van der Waals surface area contributed by atoms with E-state index >= 15 is 0 Å². The number of anilines is 2. The summed E-state index contributed by atoms with van der Waals surface area (Å²) in [5, 5.41) is 14.2. The first kappa shape index (κ1) is 16.8. The Morgan fingerprint density at radius 1 is 1.29 bits per heavy atom. The Hall–Kier alpha value is -2.24. The molecule has 0 spiro atoms. The van der Waals surface area contributed by atoms with Crippen LogP contribution in [0.3, 0.4) is 0 Å². The van der Waals surface area contributed by atoms with Crippen LogP contribution in [-0.4, -0.2) is 37.7 Å². The molecule has 1 rings (SSSR count).